The summed E-state index contributed by atoms with van der Waals surface area (Å²) in [5.74, 6) is 0. The van der Waals surface area contributed by atoms with Crippen molar-refractivity contribution in [3.05, 3.63) is 42.0 Å². The number of hydrogen-bond donors (Lipinski definition) is 0. The largest absolute Gasteiger partial charge is 0.328 e. The van der Waals surface area contributed by atoms with E-state index in [9.17, 15) is 0 Å². The topological polar surface area (TPSA) is 18.5 Å². The molecule has 0 saturated heterocycles. The highest BCUT2D eigenvalue weighted by Crippen LogP contribution is 2.48. The van der Waals surface area contributed by atoms with E-state index in [4.69, 9.17) is 9.05 Å². The molecule has 1 aromatic rings. The SMILES string of the molecule is C=Cc1ccc(CP(OC(C)(C)C)OC(C)(C)C)cc1. The molecule has 0 fully saturated rings. The van der Waals surface area contributed by atoms with Crippen LogP contribution in [-0.4, -0.2) is 11.2 Å². The molecule has 0 N–H and O–H groups in total. The Morgan fingerprint density at radius 1 is 0.950 bits per heavy atom. The molecule has 0 aliphatic heterocycles. The number of rotatable bonds is 5. The van der Waals surface area contributed by atoms with Crippen LogP contribution in [0.15, 0.2) is 30.8 Å². The lowest BCUT2D eigenvalue weighted by molar-refractivity contribution is 0.0725. The quantitative estimate of drug-likeness (QED) is 0.642. The molecule has 1 aromatic carbocycles. The van der Waals surface area contributed by atoms with Gasteiger partial charge in [0, 0.05) is 6.16 Å². The van der Waals surface area contributed by atoms with E-state index in [0.717, 1.165) is 11.7 Å². The molecule has 0 bridgehead atoms. The number of benzene rings is 1. The summed E-state index contributed by atoms with van der Waals surface area (Å²) in [6.45, 7) is 16.2. The predicted molar refractivity (Wildman–Crippen MR) is 88.8 cm³/mol. The lowest BCUT2D eigenvalue weighted by Gasteiger charge is -2.31. The Kier molecular flexibility index (Phi) is 5.94. The van der Waals surface area contributed by atoms with Gasteiger partial charge in [-0.1, -0.05) is 36.9 Å². The van der Waals surface area contributed by atoms with Gasteiger partial charge in [-0.05, 0) is 52.7 Å². The van der Waals surface area contributed by atoms with Crippen molar-refractivity contribution in [2.24, 2.45) is 0 Å². The van der Waals surface area contributed by atoms with Crippen LogP contribution >= 0.6 is 8.38 Å². The van der Waals surface area contributed by atoms with Gasteiger partial charge in [-0.15, -0.1) is 0 Å². The Bertz CT molecular complexity index is 408. The van der Waals surface area contributed by atoms with Crippen LogP contribution in [0.4, 0.5) is 0 Å². The Morgan fingerprint density at radius 3 is 1.75 bits per heavy atom. The average molecular weight is 294 g/mol. The van der Waals surface area contributed by atoms with Gasteiger partial charge < -0.3 is 9.05 Å². The summed E-state index contributed by atoms with van der Waals surface area (Å²) in [6.07, 6.45) is 2.66. The molecule has 0 atom stereocenters. The molecule has 112 valence electrons. The molecule has 0 aliphatic carbocycles. The van der Waals surface area contributed by atoms with E-state index in [0.29, 0.717) is 0 Å². The van der Waals surface area contributed by atoms with Crippen LogP contribution in [0.1, 0.15) is 52.7 Å². The van der Waals surface area contributed by atoms with E-state index in [1.54, 1.807) is 0 Å². The van der Waals surface area contributed by atoms with Gasteiger partial charge in [0.2, 0.25) is 0 Å². The smallest absolute Gasteiger partial charge is 0.176 e. The molecule has 1 rings (SSSR count). The normalized spacial score (nSPS) is 12.8. The van der Waals surface area contributed by atoms with Gasteiger partial charge in [-0.2, -0.15) is 0 Å². The summed E-state index contributed by atoms with van der Waals surface area (Å²) in [7, 11) is -0.953. The van der Waals surface area contributed by atoms with Gasteiger partial charge in [0.05, 0.1) is 11.2 Å². The first-order valence-electron chi connectivity index (χ1n) is 6.96. The van der Waals surface area contributed by atoms with Gasteiger partial charge in [-0.3, -0.25) is 0 Å². The van der Waals surface area contributed by atoms with Crippen LogP contribution in [-0.2, 0) is 15.2 Å². The first kappa shape index (κ1) is 17.4. The minimum atomic E-state index is -0.953. The second-order valence-electron chi connectivity index (χ2n) is 6.84. The molecule has 0 amide bonds. The van der Waals surface area contributed by atoms with Crippen molar-refractivity contribution in [1.82, 2.24) is 0 Å². The molecule has 0 heterocycles. The Morgan fingerprint density at radius 2 is 1.40 bits per heavy atom. The minimum Gasteiger partial charge on any atom is -0.328 e. The van der Waals surface area contributed by atoms with Crippen LogP contribution < -0.4 is 0 Å². The fourth-order valence-electron chi connectivity index (χ4n) is 1.60. The first-order valence-corrected chi connectivity index (χ1v) is 8.32. The first-order chi connectivity index (χ1) is 9.09. The van der Waals surface area contributed by atoms with Gasteiger partial charge in [-0.25, -0.2) is 0 Å². The van der Waals surface area contributed by atoms with Crippen molar-refractivity contribution in [2.75, 3.05) is 0 Å². The second kappa shape index (κ2) is 6.85. The van der Waals surface area contributed by atoms with Crippen LogP contribution in [0.2, 0.25) is 0 Å². The van der Waals surface area contributed by atoms with Crippen LogP contribution in [0.25, 0.3) is 6.08 Å². The van der Waals surface area contributed by atoms with E-state index in [1.807, 2.05) is 6.08 Å². The lowest BCUT2D eigenvalue weighted by Crippen LogP contribution is -2.22. The highest BCUT2D eigenvalue weighted by molar-refractivity contribution is 7.46. The standard InChI is InChI=1S/C17H27O2P/c1-8-14-9-11-15(12-10-14)13-20(18-16(2,3)4)19-17(5,6)7/h8-12H,1,13H2,2-7H3. The zero-order valence-electron chi connectivity index (χ0n) is 13.6. The molecule has 0 unspecified atom stereocenters. The molecular formula is C17H27O2P. The molecule has 2 nitrogen and oxygen atoms in total. The maximum atomic E-state index is 6.10. The highest BCUT2D eigenvalue weighted by atomic mass is 31.2. The molecule has 0 radical (unpaired) electrons. The third kappa shape index (κ3) is 7.19. The van der Waals surface area contributed by atoms with Crippen molar-refractivity contribution in [3.8, 4) is 0 Å². The minimum absolute atomic E-state index is 0.196. The van der Waals surface area contributed by atoms with Crippen molar-refractivity contribution < 1.29 is 9.05 Å². The second-order valence-corrected chi connectivity index (χ2v) is 8.19. The average Bonchev–Trinajstić information content (AvgIpc) is 2.25. The number of hydrogen-bond acceptors (Lipinski definition) is 2. The van der Waals surface area contributed by atoms with Gasteiger partial charge in [0.15, 0.2) is 8.38 Å². The van der Waals surface area contributed by atoms with E-state index < -0.39 is 8.38 Å². The van der Waals surface area contributed by atoms with Crippen molar-refractivity contribution in [1.29, 1.82) is 0 Å². The van der Waals surface area contributed by atoms with Gasteiger partial charge >= 0.3 is 0 Å². The van der Waals surface area contributed by atoms with Gasteiger partial charge in [0.25, 0.3) is 0 Å². The van der Waals surface area contributed by atoms with E-state index >= 15 is 0 Å². The van der Waals surface area contributed by atoms with E-state index in [2.05, 4.69) is 72.4 Å². The van der Waals surface area contributed by atoms with E-state index in [1.165, 1.54) is 5.56 Å². The van der Waals surface area contributed by atoms with Crippen LogP contribution in [0, 0.1) is 0 Å². The zero-order chi connectivity index (χ0) is 15.4. The Hall–Kier alpha value is -0.690. The fraction of sp³-hybridized carbons (Fsp3) is 0.529. The molecular weight excluding hydrogens is 267 g/mol. The predicted octanol–water partition coefficient (Wildman–Crippen LogP) is 5.77. The molecule has 0 aliphatic rings. The molecule has 0 aromatic heterocycles. The Labute approximate surface area is 125 Å². The van der Waals surface area contributed by atoms with E-state index in [-0.39, 0.29) is 11.2 Å². The van der Waals surface area contributed by atoms with Crippen LogP contribution in [0.5, 0.6) is 0 Å². The maximum absolute atomic E-state index is 6.10. The van der Waals surface area contributed by atoms with Crippen molar-refractivity contribution >= 4 is 14.5 Å². The molecule has 0 spiro atoms. The third-order valence-electron chi connectivity index (χ3n) is 2.28. The summed E-state index contributed by atoms with van der Waals surface area (Å²) in [6, 6.07) is 8.38. The molecule has 0 saturated carbocycles. The highest BCUT2D eigenvalue weighted by Gasteiger charge is 2.25. The summed E-state index contributed by atoms with van der Waals surface area (Å²) < 4.78 is 12.2. The summed E-state index contributed by atoms with van der Waals surface area (Å²) in [4.78, 5) is 0. The lowest BCUT2D eigenvalue weighted by atomic mass is 10.1. The molecule has 3 heteroatoms. The maximum Gasteiger partial charge on any atom is 0.176 e. The Balaban J connectivity index is 2.79. The summed E-state index contributed by atoms with van der Waals surface area (Å²) >= 11 is 0. The summed E-state index contributed by atoms with van der Waals surface area (Å²) in [5, 5.41) is 0. The van der Waals surface area contributed by atoms with Crippen molar-refractivity contribution in [2.45, 2.75) is 58.9 Å². The van der Waals surface area contributed by atoms with Crippen LogP contribution in [0.3, 0.4) is 0 Å². The zero-order valence-corrected chi connectivity index (χ0v) is 14.5. The monoisotopic (exact) mass is 294 g/mol. The fourth-order valence-corrected chi connectivity index (χ4v) is 3.50. The van der Waals surface area contributed by atoms with Crippen molar-refractivity contribution in [3.63, 3.8) is 0 Å². The van der Waals surface area contributed by atoms with Gasteiger partial charge in [0.1, 0.15) is 0 Å². The molecule has 20 heavy (non-hydrogen) atoms. The third-order valence-corrected chi connectivity index (χ3v) is 4.40. The summed E-state index contributed by atoms with van der Waals surface area (Å²) in [5.41, 5.74) is 1.97.